The van der Waals surface area contributed by atoms with E-state index in [4.69, 9.17) is 32.7 Å². The molecule has 1 fully saturated rings. The minimum Gasteiger partial charge on any atom is -0.496 e. The van der Waals surface area contributed by atoms with Crippen LogP contribution in [0.5, 0.6) is 5.75 Å². The highest BCUT2D eigenvalue weighted by molar-refractivity contribution is 6.35. The average Bonchev–Trinajstić information content (AvgIpc) is 3.19. The summed E-state index contributed by atoms with van der Waals surface area (Å²) >= 11 is 12.5. The minimum atomic E-state index is -0.730. The summed E-state index contributed by atoms with van der Waals surface area (Å²) in [6, 6.07) is 10.2. The summed E-state index contributed by atoms with van der Waals surface area (Å²) in [4.78, 5) is 25.6. The maximum Gasteiger partial charge on any atom is 0.341 e. The lowest BCUT2D eigenvalue weighted by atomic mass is 9.78. The van der Waals surface area contributed by atoms with Crippen LogP contribution in [0, 0.1) is 0 Å². The molecule has 2 aromatic rings. The lowest BCUT2D eigenvalue weighted by Crippen LogP contribution is -2.38. The molecule has 0 spiro atoms. The smallest absolute Gasteiger partial charge is 0.341 e. The first-order valence-electron chi connectivity index (χ1n) is 9.53. The number of esters is 1. The normalized spacial score (nSPS) is 15.0. The number of anilines is 1. The highest BCUT2D eigenvalue weighted by Crippen LogP contribution is 2.45. The molecule has 0 saturated heterocycles. The molecule has 0 aliphatic heterocycles. The van der Waals surface area contributed by atoms with E-state index in [0.29, 0.717) is 34.3 Å². The van der Waals surface area contributed by atoms with Crippen molar-refractivity contribution in [1.29, 1.82) is 0 Å². The van der Waals surface area contributed by atoms with Crippen LogP contribution in [0.1, 0.15) is 48.5 Å². The second kappa shape index (κ2) is 9.06. The predicted octanol–water partition coefficient (Wildman–Crippen LogP) is 5.63. The molecule has 0 radical (unpaired) electrons. The van der Waals surface area contributed by atoms with Crippen molar-refractivity contribution in [3.63, 3.8) is 0 Å². The van der Waals surface area contributed by atoms with E-state index in [1.165, 1.54) is 7.11 Å². The van der Waals surface area contributed by atoms with E-state index in [1.54, 1.807) is 37.3 Å². The number of hydrogen-bond acceptors (Lipinski definition) is 4. The van der Waals surface area contributed by atoms with Crippen LogP contribution in [0.2, 0.25) is 10.0 Å². The van der Waals surface area contributed by atoms with Crippen molar-refractivity contribution < 1.29 is 19.1 Å². The van der Waals surface area contributed by atoms with Gasteiger partial charge in [0.2, 0.25) is 5.91 Å². The zero-order valence-electron chi connectivity index (χ0n) is 16.4. The largest absolute Gasteiger partial charge is 0.496 e. The topological polar surface area (TPSA) is 64.6 Å². The van der Waals surface area contributed by atoms with E-state index in [0.717, 1.165) is 18.4 Å². The molecular weight excluding hydrogens is 413 g/mol. The molecule has 1 amide bonds. The molecule has 1 N–H and O–H groups in total. The van der Waals surface area contributed by atoms with Gasteiger partial charge in [-0.05, 0) is 55.7 Å². The first kappa shape index (κ1) is 21.5. The molecule has 0 aromatic heterocycles. The first-order valence-corrected chi connectivity index (χ1v) is 10.3. The zero-order chi connectivity index (χ0) is 21.0. The molecule has 0 heterocycles. The van der Waals surface area contributed by atoms with Crippen LogP contribution >= 0.6 is 23.2 Å². The van der Waals surface area contributed by atoms with Gasteiger partial charge in [-0.3, -0.25) is 4.79 Å². The van der Waals surface area contributed by atoms with Crippen LogP contribution in [0.4, 0.5) is 5.69 Å². The van der Waals surface area contributed by atoms with Crippen molar-refractivity contribution in [3.8, 4) is 5.75 Å². The predicted molar refractivity (Wildman–Crippen MR) is 114 cm³/mol. The molecule has 1 saturated carbocycles. The van der Waals surface area contributed by atoms with Crippen LogP contribution in [0.15, 0.2) is 36.4 Å². The fraction of sp³-hybridized carbons (Fsp3) is 0.364. The second-order valence-electron chi connectivity index (χ2n) is 7.00. The Morgan fingerprint density at radius 1 is 1.10 bits per heavy atom. The number of amides is 1. The lowest BCUT2D eigenvalue weighted by molar-refractivity contribution is -0.121. The number of ether oxygens (including phenoxy) is 2. The third-order valence-electron chi connectivity index (χ3n) is 5.29. The number of halogens is 2. The van der Waals surface area contributed by atoms with E-state index in [2.05, 4.69) is 5.32 Å². The maximum atomic E-state index is 13.4. The third kappa shape index (κ3) is 4.36. The number of methoxy groups -OCH3 is 1. The number of hydrogen-bond donors (Lipinski definition) is 1. The summed E-state index contributed by atoms with van der Waals surface area (Å²) in [5, 5.41) is 3.97. The number of rotatable bonds is 6. The second-order valence-corrected chi connectivity index (χ2v) is 7.85. The summed E-state index contributed by atoms with van der Waals surface area (Å²) in [6.45, 7) is 1.98. The molecular formula is C22H23Cl2NO4. The van der Waals surface area contributed by atoms with Crippen LogP contribution in [0.3, 0.4) is 0 Å². The van der Waals surface area contributed by atoms with E-state index in [9.17, 15) is 9.59 Å². The van der Waals surface area contributed by atoms with E-state index >= 15 is 0 Å². The van der Waals surface area contributed by atoms with Crippen molar-refractivity contribution in [1.82, 2.24) is 0 Å². The molecule has 2 aromatic carbocycles. The van der Waals surface area contributed by atoms with Crippen LogP contribution in [-0.2, 0) is 14.9 Å². The number of benzene rings is 2. The highest BCUT2D eigenvalue weighted by atomic mass is 35.5. The maximum absolute atomic E-state index is 13.4. The minimum absolute atomic E-state index is 0.154. The summed E-state index contributed by atoms with van der Waals surface area (Å²) in [7, 11) is 1.48. The molecule has 29 heavy (non-hydrogen) atoms. The van der Waals surface area contributed by atoms with Gasteiger partial charge in [0.25, 0.3) is 0 Å². The summed E-state index contributed by atoms with van der Waals surface area (Å²) < 4.78 is 10.3. The Morgan fingerprint density at radius 3 is 2.45 bits per heavy atom. The van der Waals surface area contributed by atoms with Crippen LogP contribution in [-0.4, -0.2) is 25.6 Å². The Labute approximate surface area is 180 Å². The fourth-order valence-electron chi connectivity index (χ4n) is 3.88. The van der Waals surface area contributed by atoms with E-state index < -0.39 is 11.4 Å². The number of carbonyl (C=O) groups is 2. The van der Waals surface area contributed by atoms with Crippen molar-refractivity contribution >= 4 is 40.8 Å². The Kier molecular flexibility index (Phi) is 6.70. The lowest BCUT2D eigenvalue weighted by Gasteiger charge is -2.29. The quantitative estimate of drug-likeness (QED) is 0.597. The molecule has 0 unspecified atom stereocenters. The molecule has 0 atom stereocenters. The van der Waals surface area contributed by atoms with E-state index in [-0.39, 0.29) is 18.1 Å². The van der Waals surface area contributed by atoms with Crippen molar-refractivity contribution in [3.05, 3.63) is 57.6 Å². The monoisotopic (exact) mass is 435 g/mol. The SMILES string of the molecule is CCOC(=O)c1cc(NC(=O)C2(c3ccc(Cl)cc3Cl)CCCC2)ccc1OC. The van der Waals surface area contributed by atoms with Gasteiger partial charge in [-0.1, -0.05) is 42.1 Å². The van der Waals surface area contributed by atoms with Gasteiger partial charge in [-0.15, -0.1) is 0 Å². The zero-order valence-corrected chi connectivity index (χ0v) is 17.9. The molecule has 3 rings (SSSR count). The molecule has 1 aliphatic carbocycles. The van der Waals surface area contributed by atoms with Crippen molar-refractivity contribution in [2.75, 3.05) is 19.0 Å². The molecule has 1 aliphatic rings. The summed E-state index contributed by atoms with van der Waals surface area (Å²) in [5.74, 6) is -0.270. The number of carbonyl (C=O) groups excluding carboxylic acids is 2. The van der Waals surface area contributed by atoms with Gasteiger partial charge in [-0.2, -0.15) is 0 Å². The Hall–Kier alpha value is -2.24. The van der Waals surface area contributed by atoms with Gasteiger partial charge >= 0.3 is 5.97 Å². The first-order chi connectivity index (χ1) is 13.9. The van der Waals surface area contributed by atoms with Crippen LogP contribution < -0.4 is 10.1 Å². The highest BCUT2D eigenvalue weighted by Gasteiger charge is 2.44. The molecule has 154 valence electrons. The summed E-state index contributed by atoms with van der Waals surface area (Å²) in [5.41, 5.74) is 0.802. The standard InChI is InChI=1S/C22H23Cl2NO4/c1-3-29-20(26)16-13-15(7-9-19(16)28-2)25-21(27)22(10-4-5-11-22)17-8-6-14(23)12-18(17)24/h6-9,12-13H,3-5,10-11H2,1-2H3,(H,25,27). The Bertz CT molecular complexity index is 923. The molecule has 0 bridgehead atoms. The number of nitrogens with one attached hydrogen (secondary N) is 1. The fourth-order valence-corrected chi connectivity index (χ4v) is 4.47. The Balaban J connectivity index is 1.93. The van der Waals surface area contributed by atoms with Gasteiger partial charge in [-0.25, -0.2) is 4.79 Å². The third-order valence-corrected chi connectivity index (χ3v) is 5.84. The summed E-state index contributed by atoms with van der Waals surface area (Å²) in [6.07, 6.45) is 3.26. The van der Waals surface area contributed by atoms with E-state index in [1.807, 2.05) is 6.07 Å². The van der Waals surface area contributed by atoms with Gasteiger partial charge in [0.05, 0.1) is 19.1 Å². The molecule has 7 heteroatoms. The van der Waals surface area contributed by atoms with Gasteiger partial charge in [0.15, 0.2) is 0 Å². The van der Waals surface area contributed by atoms with Crippen molar-refractivity contribution in [2.45, 2.75) is 38.0 Å². The van der Waals surface area contributed by atoms with Gasteiger partial charge < -0.3 is 14.8 Å². The average molecular weight is 436 g/mol. The molecule has 5 nitrogen and oxygen atoms in total. The Morgan fingerprint density at radius 2 is 1.83 bits per heavy atom. The van der Waals surface area contributed by atoms with Gasteiger partial charge in [0, 0.05) is 15.7 Å². The van der Waals surface area contributed by atoms with Crippen LogP contribution in [0.25, 0.3) is 0 Å². The van der Waals surface area contributed by atoms with Crippen molar-refractivity contribution in [2.24, 2.45) is 0 Å². The van der Waals surface area contributed by atoms with Gasteiger partial charge in [0.1, 0.15) is 11.3 Å².